The molecule has 0 spiro atoms. The van der Waals surface area contributed by atoms with Gasteiger partial charge in [-0.25, -0.2) is 0 Å². The van der Waals surface area contributed by atoms with Gasteiger partial charge < -0.3 is 0 Å². The van der Waals surface area contributed by atoms with E-state index in [0.717, 1.165) is 0 Å². The molecule has 0 aliphatic carbocycles. The summed E-state index contributed by atoms with van der Waals surface area (Å²) in [6.07, 6.45) is 0. The van der Waals surface area contributed by atoms with Crippen LogP contribution in [0, 0.1) is 0 Å². The van der Waals surface area contributed by atoms with Crippen LogP contribution >= 0.6 is 0 Å². The van der Waals surface area contributed by atoms with Gasteiger partial charge in [0.05, 0.1) is 0 Å². The molecule has 0 saturated heterocycles. The van der Waals surface area contributed by atoms with Crippen LogP contribution < -0.4 is 0 Å². The van der Waals surface area contributed by atoms with Crippen molar-refractivity contribution in [1.82, 2.24) is 0 Å². The maximum atomic E-state index is 8.50. The summed E-state index contributed by atoms with van der Waals surface area (Å²) < 4.78 is 17.0. The van der Waals surface area contributed by atoms with E-state index in [9.17, 15) is 0 Å². The van der Waals surface area contributed by atoms with E-state index in [1.54, 1.807) is 0 Å². The third kappa shape index (κ3) is 27.6. The van der Waals surface area contributed by atoms with E-state index in [0.29, 0.717) is 0 Å². The molecule has 0 heterocycles. The Kier molecular flexibility index (Phi) is 55.4. The fourth-order valence-corrected chi connectivity index (χ4v) is 0. The van der Waals surface area contributed by atoms with Gasteiger partial charge in [0.1, 0.15) is 0 Å². The first kappa shape index (κ1) is 15.9. The van der Waals surface area contributed by atoms with Crippen molar-refractivity contribution in [3.05, 3.63) is 0 Å². The summed E-state index contributed by atoms with van der Waals surface area (Å²) in [5.41, 5.74) is 0. The van der Waals surface area contributed by atoms with Gasteiger partial charge in [-0.15, -0.1) is 0 Å². The molecule has 0 bridgehead atoms. The van der Waals surface area contributed by atoms with Crippen molar-refractivity contribution >= 4 is 0 Å². The maximum absolute atomic E-state index is 8.50. The molecule has 0 saturated carbocycles. The molecule has 5 heteroatoms. The van der Waals surface area contributed by atoms with Crippen LogP contribution in [-0.2, 0) is 66.9 Å². The fourth-order valence-electron chi connectivity index (χ4n) is 0. The Morgan fingerprint density at radius 1 is 1.20 bits per heavy atom. The van der Waals surface area contributed by atoms with Crippen LogP contribution in [0.4, 0.5) is 0 Å². The van der Waals surface area contributed by atoms with E-state index >= 15 is 0 Å². The van der Waals surface area contributed by atoms with Crippen molar-refractivity contribution in [2.24, 2.45) is 0 Å². The maximum Gasteiger partial charge on any atom is 0 e. The topological polar surface area (TPSA) is 34.1 Å². The molecule has 0 N–H and O–H groups in total. The molecular weight excluding hydrogens is 229 g/mol. The summed E-state index contributed by atoms with van der Waals surface area (Å²) in [5.74, 6) is 0. The Labute approximate surface area is 66.3 Å². The minimum atomic E-state index is -2.00. The van der Waals surface area contributed by atoms with Crippen molar-refractivity contribution in [2.45, 2.75) is 0 Å². The monoisotopic (exact) mass is 230 g/mol. The van der Waals surface area contributed by atoms with Crippen LogP contribution in [0.15, 0.2) is 0 Å². The molecule has 0 aliphatic rings. The zero-order valence-electron chi connectivity index (χ0n) is 2.17. The molecule has 0 amide bonds. The van der Waals surface area contributed by atoms with E-state index in [2.05, 4.69) is 0 Å². The van der Waals surface area contributed by atoms with Crippen LogP contribution in [0.2, 0.25) is 0 Å². The van der Waals surface area contributed by atoms with Gasteiger partial charge in [-0.05, 0) is 0 Å². The molecule has 0 radical (unpaired) electrons. The second-order valence-corrected chi connectivity index (χ2v) is 0.344. The summed E-state index contributed by atoms with van der Waals surface area (Å²) in [5, 5.41) is 0. The summed E-state index contributed by atoms with van der Waals surface area (Å²) in [6.45, 7) is 0. The third-order valence-electron chi connectivity index (χ3n) is 0. The summed E-state index contributed by atoms with van der Waals surface area (Å²) in [7, 11) is 0. The minimum Gasteiger partial charge on any atom is 0 e. The molecule has 0 fully saturated rings. The second-order valence-electron chi connectivity index (χ2n) is 0.0833. The van der Waals surface area contributed by atoms with Crippen LogP contribution in [0.25, 0.3) is 0 Å². The average Bonchev–Trinajstić information content (AvgIpc) is 0.918. The molecule has 0 atom stereocenters. The van der Waals surface area contributed by atoms with Gasteiger partial charge in [-0.1, -0.05) is 0 Å². The van der Waals surface area contributed by atoms with Crippen molar-refractivity contribution in [1.29, 1.82) is 0 Å². The van der Waals surface area contributed by atoms with Gasteiger partial charge in [-0.2, -0.15) is 0 Å². The number of hydrogen-bond donors (Lipinski definition) is 0. The molecule has 0 unspecified atom stereocenters. The standard InChI is InChI=1S/2O.Ru.2Ti. The Bertz CT molecular complexity index is 28.6. The Balaban J connectivity index is -0.0000000200. The molecule has 28 valence electrons. The van der Waals surface area contributed by atoms with Gasteiger partial charge in [0.15, 0.2) is 0 Å². The molecule has 0 aromatic carbocycles. The first-order valence-electron chi connectivity index (χ1n) is 0.408. The first-order chi connectivity index (χ1) is 1.41. The van der Waals surface area contributed by atoms with Crippen LogP contribution in [0.1, 0.15) is 0 Å². The van der Waals surface area contributed by atoms with Crippen LogP contribution in [-0.4, -0.2) is 0 Å². The quantitative estimate of drug-likeness (QED) is 0.537. The molecule has 5 heavy (non-hydrogen) atoms. The third-order valence-corrected chi connectivity index (χ3v) is 0. The van der Waals surface area contributed by atoms with Gasteiger partial charge in [0.2, 0.25) is 0 Å². The predicted octanol–water partition coefficient (Wildman–Crippen LogP) is -0.245. The normalized spacial score (nSPS) is 1.60. The molecule has 0 aliphatic heterocycles. The van der Waals surface area contributed by atoms with Gasteiger partial charge in [0.25, 0.3) is 0 Å². The van der Waals surface area contributed by atoms with Gasteiger partial charge in [0, 0.05) is 41.2 Å². The van der Waals surface area contributed by atoms with Crippen LogP contribution in [0.5, 0.6) is 0 Å². The first-order valence-corrected chi connectivity index (χ1v) is 1.68. The minimum absolute atomic E-state index is 0. The van der Waals surface area contributed by atoms with Crippen LogP contribution in [0.3, 0.4) is 0 Å². The van der Waals surface area contributed by atoms with Crippen molar-refractivity contribution in [3.8, 4) is 0 Å². The number of rotatable bonds is 0. The number of hydrogen-bond acceptors (Lipinski definition) is 2. The molecule has 2 nitrogen and oxygen atoms in total. The zero-order chi connectivity index (χ0) is 2.71. The Morgan fingerprint density at radius 3 is 1.20 bits per heavy atom. The van der Waals surface area contributed by atoms with Crippen molar-refractivity contribution < 1.29 is 66.9 Å². The second kappa shape index (κ2) is 17.4. The molecular formula is O2RuTi2. The van der Waals surface area contributed by atoms with Gasteiger partial charge >= 0.3 is 25.7 Å². The van der Waals surface area contributed by atoms with Gasteiger partial charge in [-0.3, -0.25) is 0 Å². The molecule has 0 rings (SSSR count). The SMILES string of the molecule is [O]=[Ti]=[O].[Ru].[Ti]. The van der Waals surface area contributed by atoms with Crippen molar-refractivity contribution in [2.75, 3.05) is 0 Å². The smallest absolute Gasteiger partial charge is 0 e. The van der Waals surface area contributed by atoms with E-state index in [1.807, 2.05) is 0 Å². The summed E-state index contributed by atoms with van der Waals surface area (Å²) in [4.78, 5) is 0. The fraction of sp³-hybridized carbons (Fsp3) is 0. The Hall–Kier alpha value is 1.65. The van der Waals surface area contributed by atoms with E-state index < -0.39 is 19.1 Å². The molecule has 0 aromatic heterocycles. The summed E-state index contributed by atoms with van der Waals surface area (Å²) >= 11 is -2.00. The summed E-state index contributed by atoms with van der Waals surface area (Å²) in [6, 6.07) is 0. The van der Waals surface area contributed by atoms with E-state index in [-0.39, 0.29) is 41.2 Å². The van der Waals surface area contributed by atoms with Crippen molar-refractivity contribution in [3.63, 3.8) is 0 Å². The Morgan fingerprint density at radius 2 is 1.20 bits per heavy atom. The van der Waals surface area contributed by atoms with E-state index in [4.69, 9.17) is 6.65 Å². The van der Waals surface area contributed by atoms with E-state index in [1.165, 1.54) is 0 Å². The molecule has 0 aromatic rings. The average molecular weight is 229 g/mol. The largest absolute Gasteiger partial charge is 0 e. The predicted molar refractivity (Wildman–Crippen MR) is 1.37 cm³/mol. The zero-order valence-corrected chi connectivity index (χ0v) is 7.03.